The molecule has 0 fully saturated rings. The van der Waals surface area contributed by atoms with Crippen LogP contribution in [-0.4, -0.2) is 40.3 Å². The number of hydrogen-bond donors (Lipinski definition) is 4. The maximum Gasteiger partial charge on any atom is 0.433 e. The summed E-state index contributed by atoms with van der Waals surface area (Å²) in [6, 6.07) is 6.54. The molecule has 2 heterocycles. The molecule has 31 heavy (non-hydrogen) atoms. The third-order valence-corrected chi connectivity index (χ3v) is 4.92. The normalized spacial score (nSPS) is 12.7. The van der Waals surface area contributed by atoms with Crippen LogP contribution in [-0.2, 0) is 6.18 Å². The fourth-order valence-electron chi connectivity index (χ4n) is 3.28. The Morgan fingerprint density at radius 1 is 1.32 bits per heavy atom. The third-order valence-electron chi connectivity index (χ3n) is 4.92. The summed E-state index contributed by atoms with van der Waals surface area (Å²) in [6.07, 6.45) is -2.91. The van der Waals surface area contributed by atoms with Gasteiger partial charge in [-0.15, -0.1) is 0 Å². The van der Waals surface area contributed by atoms with E-state index in [1.54, 1.807) is 29.8 Å². The SMILES string of the molecule is CCC(CO)NC(=O)c1ccc2c(c1)c(N)c(N(C)N)n2-c1ccc(C(F)(F)F)nc1. The van der Waals surface area contributed by atoms with Crippen molar-refractivity contribution in [3.8, 4) is 5.69 Å². The maximum atomic E-state index is 12.9. The zero-order valence-corrected chi connectivity index (χ0v) is 16.9. The van der Waals surface area contributed by atoms with Crippen molar-refractivity contribution in [1.82, 2.24) is 14.9 Å². The number of aliphatic hydroxyl groups is 1. The van der Waals surface area contributed by atoms with Gasteiger partial charge in [0.2, 0.25) is 0 Å². The first-order valence-corrected chi connectivity index (χ1v) is 9.46. The standard InChI is InChI=1S/C20H23F3N6O2/c1-3-12(10-30)27-18(31)11-4-6-15-14(8-11)17(24)19(28(2)25)29(15)13-5-7-16(26-9-13)20(21,22)23/h4-9,12,30H,3,10,24-25H2,1-2H3,(H,27,31). The fraction of sp³-hybridized carbons (Fsp3) is 0.300. The van der Waals surface area contributed by atoms with E-state index in [1.807, 2.05) is 6.92 Å². The number of nitrogen functional groups attached to an aromatic ring is 1. The Morgan fingerprint density at radius 3 is 2.55 bits per heavy atom. The molecule has 1 amide bonds. The number of aliphatic hydroxyl groups excluding tert-OH is 1. The summed E-state index contributed by atoms with van der Waals surface area (Å²) in [6.45, 7) is 1.65. The highest BCUT2D eigenvalue weighted by atomic mass is 19.4. The van der Waals surface area contributed by atoms with Gasteiger partial charge in [-0.3, -0.25) is 14.4 Å². The van der Waals surface area contributed by atoms with Crippen LogP contribution >= 0.6 is 0 Å². The van der Waals surface area contributed by atoms with Gasteiger partial charge in [0.15, 0.2) is 5.82 Å². The lowest BCUT2D eigenvalue weighted by Crippen LogP contribution is -2.36. The number of hydrogen-bond acceptors (Lipinski definition) is 6. The summed E-state index contributed by atoms with van der Waals surface area (Å²) in [5.74, 6) is 5.89. The van der Waals surface area contributed by atoms with Gasteiger partial charge >= 0.3 is 6.18 Å². The zero-order chi connectivity index (χ0) is 22.9. The van der Waals surface area contributed by atoms with Gasteiger partial charge in [-0.2, -0.15) is 13.2 Å². The predicted molar refractivity (Wildman–Crippen MR) is 112 cm³/mol. The molecule has 0 spiro atoms. The highest BCUT2D eigenvalue weighted by molar-refractivity contribution is 6.05. The van der Waals surface area contributed by atoms with Crippen LogP contribution < -0.4 is 21.9 Å². The lowest BCUT2D eigenvalue weighted by atomic mass is 10.1. The molecule has 2 aromatic heterocycles. The number of alkyl halides is 3. The smallest absolute Gasteiger partial charge is 0.395 e. The molecule has 166 valence electrons. The van der Waals surface area contributed by atoms with E-state index < -0.39 is 11.9 Å². The van der Waals surface area contributed by atoms with Gasteiger partial charge in [-0.1, -0.05) is 6.92 Å². The summed E-state index contributed by atoms with van der Waals surface area (Å²) in [7, 11) is 1.54. The van der Waals surface area contributed by atoms with E-state index in [2.05, 4.69) is 10.3 Å². The number of carbonyl (C=O) groups is 1. The van der Waals surface area contributed by atoms with E-state index in [4.69, 9.17) is 11.6 Å². The average molecular weight is 436 g/mol. The maximum absolute atomic E-state index is 12.9. The number of carbonyl (C=O) groups excluding carboxylic acids is 1. The Hall–Kier alpha value is -3.31. The first kappa shape index (κ1) is 22.4. The van der Waals surface area contributed by atoms with Crippen LogP contribution in [0.1, 0.15) is 29.4 Å². The van der Waals surface area contributed by atoms with Crippen LogP contribution in [0.2, 0.25) is 0 Å². The number of benzene rings is 1. The Morgan fingerprint density at radius 2 is 2.03 bits per heavy atom. The molecule has 1 aromatic carbocycles. The molecule has 1 unspecified atom stereocenters. The molecule has 3 rings (SSSR count). The Balaban J connectivity index is 2.12. The molecule has 3 aromatic rings. The number of aromatic nitrogens is 2. The van der Waals surface area contributed by atoms with Crippen LogP contribution in [0.5, 0.6) is 0 Å². The molecule has 8 nitrogen and oxygen atoms in total. The first-order chi connectivity index (χ1) is 14.6. The number of fused-ring (bicyclic) bond motifs is 1. The molecule has 1 atom stereocenters. The second-order valence-electron chi connectivity index (χ2n) is 7.08. The van der Waals surface area contributed by atoms with Gasteiger partial charge in [0.05, 0.1) is 35.7 Å². The predicted octanol–water partition coefficient (Wildman–Crippen LogP) is 2.44. The first-order valence-electron chi connectivity index (χ1n) is 9.46. The van der Waals surface area contributed by atoms with E-state index >= 15 is 0 Å². The number of halogens is 3. The molecule has 11 heteroatoms. The number of nitrogens with one attached hydrogen (secondary N) is 1. The van der Waals surface area contributed by atoms with Crippen LogP contribution in [0, 0.1) is 0 Å². The number of nitrogens with zero attached hydrogens (tertiary/aromatic N) is 3. The van der Waals surface area contributed by atoms with Crippen LogP contribution in [0.3, 0.4) is 0 Å². The molecular weight excluding hydrogens is 413 g/mol. The number of pyridine rings is 1. The quantitative estimate of drug-likeness (QED) is 0.348. The average Bonchev–Trinajstić information content (AvgIpc) is 3.03. The molecule has 6 N–H and O–H groups in total. The number of amides is 1. The fourth-order valence-corrected chi connectivity index (χ4v) is 3.28. The monoisotopic (exact) mass is 436 g/mol. The van der Waals surface area contributed by atoms with Crippen LogP contribution in [0.4, 0.5) is 24.7 Å². The largest absolute Gasteiger partial charge is 0.433 e. The highest BCUT2D eigenvalue weighted by Crippen LogP contribution is 2.37. The van der Waals surface area contributed by atoms with Crippen molar-refractivity contribution in [2.24, 2.45) is 5.84 Å². The van der Waals surface area contributed by atoms with Crippen molar-refractivity contribution in [1.29, 1.82) is 0 Å². The zero-order valence-electron chi connectivity index (χ0n) is 16.9. The van der Waals surface area contributed by atoms with E-state index in [0.29, 0.717) is 34.4 Å². The third kappa shape index (κ3) is 4.28. The van der Waals surface area contributed by atoms with Gasteiger partial charge in [0, 0.05) is 18.0 Å². The van der Waals surface area contributed by atoms with Gasteiger partial charge in [-0.05, 0) is 36.8 Å². The minimum absolute atomic E-state index is 0.188. The molecular formula is C20H23F3N6O2. The van der Waals surface area contributed by atoms with Gasteiger partial charge in [0.1, 0.15) is 5.69 Å². The lowest BCUT2D eigenvalue weighted by Gasteiger charge is -2.17. The summed E-state index contributed by atoms with van der Waals surface area (Å²) >= 11 is 0. The Labute approximate surface area is 176 Å². The van der Waals surface area contributed by atoms with Crippen LogP contribution in [0.25, 0.3) is 16.6 Å². The Bertz CT molecular complexity index is 1090. The minimum atomic E-state index is -4.56. The summed E-state index contributed by atoms with van der Waals surface area (Å²) < 4.78 is 40.2. The van der Waals surface area contributed by atoms with Crippen molar-refractivity contribution in [2.75, 3.05) is 24.4 Å². The topological polar surface area (TPSA) is 122 Å². The number of rotatable bonds is 6. The van der Waals surface area contributed by atoms with E-state index in [0.717, 1.165) is 12.3 Å². The van der Waals surface area contributed by atoms with E-state index in [-0.39, 0.29) is 24.2 Å². The molecule has 0 saturated carbocycles. The van der Waals surface area contributed by atoms with Crippen molar-refractivity contribution in [2.45, 2.75) is 25.6 Å². The minimum Gasteiger partial charge on any atom is -0.395 e. The van der Waals surface area contributed by atoms with E-state index in [9.17, 15) is 23.1 Å². The highest BCUT2D eigenvalue weighted by Gasteiger charge is 2.32. The molecule has 0 radical (unpaired) electrons. The van der Waals surface area contributed by atoms with Crippen molar-refractivity contribution in [3.05, 3.63) is 47.8 Å². The van der Waals surface area contributed by atoms with Crippen LogP contribution in [0.15, 0.2) is 36.5 Å². The molecule has 0 aliphatic carbocycles. The number of nitrogens with two attached hydrogens (primary N) is 2. The number of anilines is 2. The molecule has 0 aliphatic rings. The van der Waals surface area contributed by atoms with Gasteiger partial charge in [-0.25, -0.2) is 10.8 Å². The van der Waals surface area contributed by atoms with Gasteiger partial charge in [0.25, 0.3) is 5.91 Å². The van der Waals surface area contributed by atoms with Crippen molar-refractivity contribution in [3.63, 3.8) is 0 Å². The second kappa shape index (κ2) is 8.44. The van der Waals surface area contributed by atoms with Crippen molar-refractivity contribution < 1.29 is 23.1 Å². The summed E-state index contributed by atoms with van der Waals surface area (Å²) in [5.41, 5.74) is 6.70. The Kier molecular flexibility index (Phi) is 6.09. The lowest BCUT2D eigenvalue weighted by molar-refractivity contribution is -0.141. The van der Waals surface area contributed by atoms with Crippen molar-refractivity contribution >= 4 is 28.3 Å². The summed E-state index contributed by atoms with van der Waals surface area (Å²) in [5, 5.41) is 13.8. The molecule has 0 aliphatic heterocycles. The summed E-state index contributed by atoms with van der Waals surface area (Å²) in [4.78, 5) is 16.0. The number of hydrazine groups is 1. The van der Waals surface area contributed by atoms with E-state index in [1.165, 1.54) is 11.1 Å². The van der Waals surface area contributed by atoms with Gasteiger partial charge < -0.3 is 16.2 Å². The second-order valence-corrected chi connectivity index (χ2v) is 7.08. The molecule has 0 saturated heterocycles. The molecule has 0 bridgehead atoms.